The molecule has 3 aliphatic rings. The molecule has 0 aromatic carbocycles. The zero-order valence-corrected chi connectivity index (χ0v) is 21.5. The van der Waals surface area contributed by atoms with E-state index in [0.717, 1.165) is 54.3 Å². The van der Waals surface area contributed by atoms with E-state index in [2.05, 4.69) is 81.9 Å². The summed E-state index contributed by atoms with van der Waals surface area (Å²) in [5.41, 5.74) is 8.24. The zero-order chi connectivity index (χ0) is 24.0. The monoisotopic (exact) mass is 446 g/mol. The highest BCUT2D eigenvalue weighted by atomic mass is 16.5. The van der Waals surface area contributed by atoms with Crippen LogP contribution in [0, 0.1) is 0 Å². The number of likely N-dealkylation sites (tertiary alicyclic amines) is 1. The second-order valence-electron chi connectivity index (χ2n) is 9.78. The molecule has 0 aromatic rings. The summed E-state index contributed by atoms with van der Waals surface area (Å²) in [7, 11) is 0. The fourth-order valence-corrected chi connectivity index (χ4v) is 5.15. The highest BCUT2D eigenvalue weighted by molar-refractivity contribution is 5.42. The minimum Gasteiger partial charge on any atom is -0.453 e. The molecule has 1 aliphatic carbocycles. The summed E-state index contributed by atoms with van der Waals surface area (Å²) in [5, 5.41) is 0. The van der Waals surface area contributed by atoms with E-state index in [1.807, 2.05) is 24.3 Å². The standard InChI is InChI=1S/C30H42N2O/c1-8-23(5)20-30-25(7)32(28-15-11-10-12-16-29(28)33-30)27-18-17-24(6)31(26(9-2)21-27)19-13-14-22(3)4/h8,10-12,14,16,20,24,26-27H,1,9,13,17-19,21H2,2-7H3/b23-20-. The van der Waals surface area contributed by atoms with Crippen molar-refractivity contribution < 1.29 is 4.74 Å². The highest BCUT2D eigenvalue weighted by Crippen LogP contribution is 2.39. The first-order valence-electron chi connectivity index (χ1n) is 12.6. The normalized spacial score (nSPS) is 26.1. The Morgan fingerprint density at radius 3 is 2.73 bits per heavy atom. The highest BCUT2D eigenvalue weighted by Gasteiger charge is 2.37. The number of ether oxygens (including phenoxy) is 1. The molecule has 2 aliphatic heterocycles. The van der Waals surface area contributed by atoms with Crippen LogP contribution in [-0.2, 0) is 4.74 Å². The van der Waals surface area contributed by atoms with Crippen LogP contribution in [0.2, 0.25) is 0 Å². The van der Waals surface area contributed by atoms with E-state index in [0.29, 0.717) is 18.1 Å². The van der Waals surface area contributed by atoms with Crippen LogP contribution >= 0.6 is 0 Å². The van der Waals surface area contributed by atoms with E-state index in [9.17, 15) is 0 Å². The van der Waals surface area contributed by atoms with E-state index in [1.165, 1.54) is 18.4 Å². The molecule has 0 amide bonds. The Kier molecular flexibility index (Phi) is 8.83. The first-order chi connectivity index (χ1) is 15.8. The molecule has 0 saturated carbocycles. The number of hydrogen-bond acceptors (Lipinski definition) is 3. The smallest absolute Gasteiger partial charge is 0.159 e. The predicted octanol–water partition coefficient (Wildman–Crippen LogP) is 7.55. The molecular weight excluding hydrogens is 404 g/mol. The first-order valence-corrected chi connectivity index (χ1v) is 12.6. The van der Waals surface area contributed by atoms with Crippen molar-refractivity contribution in [3.05, 3.63) is 88.9 Å². The van der Waals surface area contributed by atoms with Gasteiger partial charge in [0.15, 0.2) is 5.76 Å². The van der Waals surface area contributed by atoms with Gasteiger partial charge in [-0.05, 0) is 90.5 Å². The largest absolute Gasteiger partial charge is 0.453 e. The quantitative estimate of drug-likeness (QED) is 0.228. The van der Waals surface area contributed by atoms with Gasteiger partial charge in [-0.2, -0.15) is 0 Å². The van der Waals surface area contributed by atoms with Crippen LogP contribution in [0.4, 0.5) is 0 Å². The van der Waals surface area contributed by atoms with Gasteiger partial charge in [0.2, 0.25) is 0 Å². The molecule has 0 aromatic heterocycles. The lowest BCUT2D eigenvalue weighted by molar-refractivity contribution is 0.132. The summed E-state index contributed by atoms with van der Waals surface area (Å²) < 4.78 is 6.37. The van der Waals surface area contributed by atoms with Crippen molar-refractivity contribution in [2.45, 2.75) is 91.8 Å². The maximum atomic E-state index is 6.37. The van der Waals surface area contributed by atoms with E-state index in [4.69, 9.17) is 4.74 Å². The van der Waals surface area contributed by atoms with E-state index in [1.54, 1.807) is 0 Å². The van der Waals surface area contributed by atoms with Crippen LogP contribution in [-0.4, -0.2) is 34.5 Å². The van der Waals surface area contributed by atoms with Crippen molar-refractivity contribution >= 4 is 0 Å². The summed E-state index contributed by atoms with van der Waals surface area (Å²) >= 11 is 0. The molecule has 33 heavy (non-hydrogen) atoms. The third kappa shape index (κ3) is 6.10. The van der Waals surface area contributed by atoms with Crippen LogP contribution in [0.15, 0.2) is 88.9 Å². The summed E-state index contributed by atoms with van der Waals surface area (Å²) in [6.45, 7) is 18.5. The number of fused-ring (bicyclic) bond motifs is 1. The number of rotatable bonds is 7. The minimum atomic E-state index is 0.416. The lowest BCUT2D eigenvalue weighted by Gasteiger charge is -2.40. The maximum absolute atomic E-state index is 6.37. The van der Waals surface area contributed by atoms with Crippen LogP contribution in [0.25, 0.3) is 0 Å². The van der Waals surface area contributed by atoms with Crippen LogP contribution in [0.1, 0.15) is 73.6 Å². The minimum absolute atomic E-state index is 0.416. The lowest BCUT2D eigenvalue weighted by atomic mass is 9.98. The van der Waals surface area contributed by atoms with Gasteiger partial charge in [0.25, 0.3) is 0 Å². The molecule has 0 N–H and O–H groups in total. The molecule has 1 saturated heterocycles. The topological polar surface area (TPSA) is 15.7 Å². The summed E-state index contributed by atoms with van der Waals surface area (Å²) in [6, 6.07) is 1.58. The molecule has 2 heterocycles. The summed E-state index contributed by atoms with van der Waals surface area (Å²) in [4.78, 5) is 5.27. The average Bonchev–Trinajstić information content (AvgIpc) is 3.11. The van der Waals surface area contributed by atoms with Crippen molar-refractivity contribution in [2.24, 2.45) is 0 Å². The molecule has 1 fully saturated rings. The Hall–Kier alpha value is -2.48. The Morgan fingerprint density at radius 1 is 1.24 bits per heavy atom. The van der Waals surface area contributed by atoms with Gasteiger partial charge in [-0.3, -0.25) is 4.90 Å². The van der Waals surface area contributed by atoms with Crippen molar-refractivity contribution in [1.29, 1.82) is 0 Å². The Bertz CT molecular complexity index is 948. The van der Waals surface area contributed by atoms with Crippen molar-refractivity contribution in [3.8, 4) is 0 Å². The van der Waals surface area contributed by atoms with E-state index < -0.39 is 0 Å². The molecular formula is C30H42N2O. The van der Waals surface area contributed by atoms with Gasteiger partial charge in [-0.15, -0.1) is 0 Å². The average molecular weight is 447 g/mol. The van der Waals surface area contributed by atoms with Gasteiger partial charge in [0.05, 0.1) is 5.70 Å². The molecule has 3 unspecified atom stereocenters. The van der Waals surface area contributed by atoms with E-state index >= 15 is 0 Å². The Balaban J connectivity index is 1.97. The predicted molar refractivity (Wildman–Crippen MR) is 140 cm³/mol. The summed E-state index contributed by atoms with van der Waals surface area (Å²) in [5.74, 6) is 1.78. The Morgan fingerprint density at radius 2 is 2.03 bits per heavy atom. The maximum Gasteiger partial charge on any atom is 0.159 e. The van der Waals surface area contributed by atoms with Crippen LogP contribution in [0.3, 0.4) is 0 Å². The second kappa shape index (κ2) is 11.6. The van der Waals surface area contributed by atoms with Gasteiger partial charge < -0.3 is 9.64 Å². The summed E-state index contributed by atoms with van der Waals surface area (Å²) in [6.07, 6.45) is 20.3. The lowest BCUT2D eigenvalue weighted by Crippen LogP contribution is -2.43. The third-order valence-corrected chi connectivity index (χ3v) is 7.04. The van der Waals surface area contributed by atoms with E-state index in [-0.39, 0.29) is 0 Å². The van der Waals surface area contributed by atoms with Gasteiger partial charge in [-0.25, -0.2) is 0 Å². The van der Waals surface area contributed by atoms with Crippen LogP contribution in [0.5, 0.6) is 0 Å². The molecule has 0 radical (unpaired) electrons. The number of allylic oxidation sites excluding steroid dienone is 8. The SMILES string of the molecule is C=C/C(C)=C\C1=C(C)N(C2CCC(C)N(CCC=C(C)C)C(CC)C2)C2=C=CC=CC=C2O1. The van der Waals surface area contributed by atoms with Gasteiger partial charge in [-0.1, -0.05) is 49.1 Å². The van der Waals surface area contributed by atoms with Crippen LogP contribution < -0.4 is 0 Å². The van der Waals surface area contributed by atoms with Crippen molar-refractivity contribution in [2.75, 3.05) is 6.54 Å². The molecule has 3 rings (SSSR count). The number of hydrogen-bond donors (Lipinski definition) is 0. The Labute approximate surface area is 201 Å². The fourth-order valence-electron chi connectivity index (χ4n) is 5.15. The molecule has 3 heteroatoms. The molecule has 0 bridgehead atoms. The fraction of sp³-hybridized carbons (Fsp3) is 0.500. The van der Waals surface area contributed by atoms with Gasteiger partial charge in [0.1, 0.15) is 11.5 Å². The first kappa shape index (κ1) is 25.1. The number of nitrogens with zero attached hydrogens (tertiary/aromatic N) is 2. The molecule has 3 atom stereocenters. The zero-order valence-electron chi connectivity index (χ0n) is 21.5. The van der Waals surface area contributed by atoms with Crippen molar-refractivity contribution in [1.82, 2.24) is 9.80 Å². The van der Waals surface area contributed by atoms with Gasteiger partial charge >= 0.3 is 0 Å². The van der Waals surface area contributed by atoms with Gasteiger partial charge in [0, 0.05) is 24.7 Å². The third-order valence-electron chi connectivity index (χ3n) is 7.04. The second-order valence-corrected chi connectivity index (χ2v) is 9.78. The van der Waals surface area contributed by atoms with Crippen molar-refractivity contribution in [3.63, 3.8) is 0 Å². The molecule has 3 nitrogen and oxygen atoms in total. The molecule has 178 valence electrons. The molecule has 0 spiro atoms.